The molecule has 0 aliphatic heterocycles. The van der Waals surface area contributed by atoms with Crippen LogP contribution in [-0.2, 0) is 6.54 Å². The second-order valence-electron chi connectivity index (χ2n) is 4.66. The molecular formula is C17H27NO2. The van der Waals surface area contributed by atoms with E-state index in [4.69, 9.17) is 9.47 Å². The Morgan fingerprint density at radius 1 is 1.20 bits per heavy atom. The van der Waals surface area contributed by atoms with E-state index in [1.165, 1.54) is 19.3 Å². The van der Waals surface area contributed by atoms with Crippen LogP contribution in [-0.4, -0.2) is 19.8 Å². The van der Waals surface area contributed by atoms with Crippen molar-refractivity contribution < 1.29 is 9.47 Å². The molecule has 0 aliphatic rings. The van der Waals surface area contributed by atoms with Crippen LogP contribution in [0.15, 0.2) is 30.9 Å². The van der Waals surface area contributed by atoms with E-state index in [2.05, 4.69) is 24.9 Å². The highest BCUT2D eigenvalue weighted by Crippen LogP contribution is 2.31. The summed E-state index contributed by atoms with van der Waals surface area (Å²) in [5, 5.41) is 3.46. The molecule has 0 atom stereocenters. The molecule has 20 heavy (non-hydrogen) atoms. The van der Waals surface area contributed by atoms with E-state index in [1.54, 1.807) is 6.08 Å². The number of ether oxygens (including phenoxy) is 2. The molecule has 0 unspecified atom stereocenters. The summed E-state index contributed by atoms with van der Waals surface area (Å²) >= 11 is 0. The first-order valence-corrected chi connectivity index (χ1v) is 7.52. The monoisotopic (exact) mass is 277 g/mol. The van der Waals surface area contributed by atoms with E-state index in [0.717, 1.165) is 30.2 Å². The SMILES string of the molecule is C=CCOc1c(CNCCCCC)cccc1OCC. The Hall–Kier alpha value is -1.48. The lowest BCUT2D eigenvalue weighted by molar-refractivity contribution is 0.294. The van der Waals surface area contributed by atoms with Crippen LogP contribution in [0.5, 0.6) is 11.5 Å². The summed E-state index contributed by atoms with van der Waals surface area (Å²) < 4.78 is 11.4. The Balaban J connectivity index is 2.66. The normalized spacial score (nSPS) is 10.3. The largest absolute Gasteiger partial charge is 0.490 e. The molecule has 112 valence electrons. The Morgan fingerprint density at radius 3 is 2.75 bits per heavy atom. The second-order valence-corrected chi connectivity index (χ2v) is 4.66. The summed E-state index contributed by atoms with van der Waals surface area (Å²) in [5.74, 6) is 1.64. The van der Waals surface area contributed by atoms with Gasteiger partial charge in [-0.25, -0.2) is 0 Å². The van der Waals surface area contributed by atoms with Crippen molar-refractivity contribution in [1.82, 2.24) is 5.32 Å². The third-order valence-corrected chi connectivity index (χ3v) is 2.98. The van der Waals surface area contributed by atoms with Gasteiger partial charge in [0.2, 0.25) is 0 Å². The van der Waals surface area contributed by atoms with Crippen LogP contribution < -0.4 is 14.8 Å². The standard InChI is InChI=1S/C17H27NO2/c1-4-7-8-12-18-14-15-10-9-11-16(19-6-3)17(15)20-13-5-2/h5,9-11,18H,2,4,6-8,12-14H2,1,3H3. The highest BCUT2D eigenvalue weighted by molar-refractivity contribution is 5.46. The molecule has 0 fully saturated rings. The minimum Gasteiger partial charge on any atom is -0.490 e. The van der Waals surface area contributed by atoms with Gasteiger partial charge in [-0.05, 0) is 26.0 Å². The van der Waals surface area contributed by atoms with Gasteiger partial charge in [0.15, 0.2) is 11.5 Å². The quantitative estimate of drug-likeness (QED) is 0.491. The predicted octanol–water partition coefficient (Wildman–Crippen LogP) is 3.93. The molecule has 0 bridgehead atoms. The van der Waals surface area contributed by atoms with Crippen molar-refractivity contribution in [3.8, 4) is 11.5 Å². The van der Waals surface area contributed by atoms with Crippen molar-refractivity contribution in [3.05, 3.63) is 36.4 Å². The molecule has 0 aromatic heterocycles. The zero-order valence-corrected chi connectivity index (χ0v) is 12.8. The number of rotatable bonds is 11. The van der Waals surface area contributed by atoms with Gasteiger partial charge >= 0.3 is 0 Å². The summed E-state index contributed by atoms with van der Waals surface area (Å²) in [6.07, 6.45) is 5.48. The smallest absolute Gasteiger partial charge is 0.166 e. The summed E-state index contributed by atoms with van der Waals surface area (Å²) in [7, 11) is 0. The molecule has 3 heteroatoms. The van der Waals surface area contributed by atoms with Gasteiger partial charge in [-0.1, -0.05) is 44.6 Å². The molecule has 0 aliphatic carbocycles. The van der Waals surface area contributed by atoms with Crippen molar-refractivity contribution in [2.75, 3.05) is 19.8 Å². The van der Waals surface area contributed by atoms with Crippen LogP contribution in [0.4, 0.5) is 0 Å². The number of nitrogens with one attached hydrogen (secondary N) is 1. The topological polar surface area (TPSA) is 30.5 Å². The molecule has 1 aromatic rings. The van der Waals surface area contributed by atoms with Gasteiger partial charge in [0.05, 0.1) is 6.61 Å². The Kier molecular flexibility index (Phi) is 8.56. The van der Waals surface area contributed by atoms with Gasteiger partial charge < -0.3 is 14.8 Å². The van der Waals surface area contributed by atoms with E-state index in [1.807, 2.05) is 19.1 Å². The molecule has 0 spiro atoms. The van der Waals surface area contributed by atoms with Gasteiger partial charge in [0.25, 0.3) is 0 Å². The maximum Gasteiger partial charge on any atom is 0.166 e. The summed E-state index contributed by atoms with van der Waals surface area (Å²) in [6.45, 7) is 10.9. The molecule has 0 radical (unpaired) electrons. The Morgan fingerprint density at radius 2 is 2.05 bits per heavy atom. The second kappa shape index (κ2) is 10.3. The summed E-state index contributed by atoms with van der Waals surface area (Å²) in [5.41, 5.74) is 1.13. The Bertz CT molecular complexity index is 391. The fourth-order valence-corrected chi connectivity index (χ4v) is 2.00. The van der Waals surface area contributed by atoms with Crippen LogP contribution in [0, 0.1) is 0 Å². The van der Waals surface area contributed by atoms with Crippen molar-refractivity contribution in [2.45, 2.75) is 39.7 Å². The lowest BCUT2D eigenvalue weighted by Crippen LogP contribution is -2.15. The zero-order valence-electron chi connectivity index (χ0n) is 12.8. The minimum absolute atomic E-state index is 0.493. The molecular weight excluding hydrogens is 250 g/mol. The highest BCUT2D eigenvalue weighted by Gasteiger charge is 2.10. The average molecular weight is 277 g/mol. The van der Waals surface area contributed by atoms with Crippen LogP contribution in [0.3, 0.4) is 0 Å². The number of unbranched alkanes of at least 4 members (excludes halogenated alkanes) is 2. The fraction of sp³-hybridized carbons (Fsp3) is 0.529. The van der Waals surface area contributed by atoms with Crippen LogP contribution in [0.1, 0.15) is 38.7 Å². The van der Waals surface area contributed by atoms with E-state index in [0.29, 0.717) is 13.2 Å². The Labute approximate surface area is 123 Å². The van der Waals surface area contributed by atoms with Crippen LogP contribution in [0.25, 0.3) is 0 Å². The molecule has 1 rings (SSSR count). The van der Waals surface area contributed by atoms with Gasteiger partial charge in [0.1, 0.15) is 6.61 Å². The number of hydrogen-bond acceptors (Lipinski definition) is 3. The van der Waals surface area contributed by atoms with E-state index >= 15 is 0 Å². The zero-order chi connectivity index (χ0) is 14.6. The van der Waals surface area contributed by atoms with Crippen molar-refractivity contribution >= 4 is 0 Å². The summed E-state index contributed by atoms with van der Waals surface area (Å²) in [6, 6.07) is 6.03. The molecule has 1 N–H and O–H groups in total. The van der Waals surface area contributed by atoms with E-state index in [-0.39, 0.29) is 0 Å². The molecule has 0 amide bonds. The van der Waals surface area contributed by atoms with Gasteiger partial charge in [0, 0.05) is 12.1 Å². The number of benzene rings is 1. The molecule has 0 saturated heterocycles. The third kappa shape index (κ3) is 5.66. The first-order valence-electron chi connectivity index (χ1n) is 7.52. The molecule has 0 heterocycles. The molecule has 1 aromatic carbocycles. The van der Waals surface area contributed by atoms with Gasteiger partial charge in [-0.2, -0.15) is 0 Å². The van der Waals surface area contributed by atoms with Gasteiger partial charge in [-0.15, -0.1) is 0 Å². The maximum absolute atomic E-state index is 5.77. The van der Waals surface area contributed by atoms with Crippen molar-refractivity contribution in [2.24, 2.45) is 0 Å². The first kappa shape index (κ1) is 16.6. The molecule has 3 nitrogen and oxygen atoms in total. The third-order valence-electron chi connectivity index (χ3n) is 2.98. The first-order chi connectivity index (χ1) is 9.83. The van der Waals surface area contributed by atoms with Crippen molar-refractivity contribution in [1.29, 1.82) is 0 Å². The number of para-hydroxylation sites is 1. The number of hydrogen-bond donors (Lipinski definition) is 1. The van der Waals surface area contributed by atoms with Crippen LogP contribution >= 0.6 is 0 Å². The summed E-state index contributed by atoms with van der Waals surface area (Å²) in [4.78, 5) is 0. The van der Waals surface area contributed by atoms with Crippen molar-refractivity contribution in [3.63, 3.8) is 0 Å². The fourth-order valence-electron chi connectivity index (χ4n) is 2.00. The van der Waals surface area contributed by atoms with Gasteiger partial charge in [-0.3, -0.25) is 0 Å². The lowest BCUT2D eigenvalue weighted by Gasteiger charge is -2.15. The molecule has 0 saturated carbocycles. The average Bonchev–Trinajstić information content (AvgIpc) is 2.46. The highest BCUT2D eigenvalue weighted by atomic mass is 16.5. The van der Waals surface area contributed by atoms with Crippen LogP contribution in [0.2, 0.25) is 0 Å². The van der Waals surface area contributed by atoms with E-state index < -0.39 is 0 Å². The lowest BCUT2D eigenvalue weighted by atomic mass is 10.1. The maximum atomic E-state index is 5.77. The van der Waals surface area contributed by atoms with E-state index in [9.17, 15) is 0 Å². The minimum atomic E-state index is 0.493. The predicted molar refractivity (Wildman–Crippen MR) is 84.5 cm³/mol.